The zero-order valence-electron chi connectivity index (χ0n) is 13.2. The molecule has 0 spiro atoms. The Bertz CT molecular complexity index is 587. The SMILES string of the molecule is OCC[C@@H]1CN(Cc2ccn[nH]2)CCN1Cc1ccc(F)cc1. The second-order valence-electron chi connectivity index (χ2n) is 6.08. The predicted octanol–water partition coefficient (Wildman–Crippen LogP) is 1.62. The van der Waals surface area contributed by atoms with Crippen molar-refractivity contribution in [3.8, 4) is 0 Å². The van der Waals surface area contributed by atoms with Crippen molar-refractivity contribution >= 4 is 0 Å². The zero-order valence-corrected chi connectivity index (χ0v) is 13.2. The van der Waals surface area contributed by atoms with Gasteiger partial charge in [-0.2, -0.15) is 5.10 Å². The monoisotopic (exact) mass is 318 g/mol. The van der Waals surface area contributed by atoms with Gasteiger partial charge in [0.2, 0.25) is 0 Å². The fraction of sp³-hybridized carbons (Fsp3) is 0.471. The highest BCUT2D eigenvalue weighted by atomic mass is 19.1. The Hall–Kier alpha value is -1.76. The van der Waals surface area contributed by atoms with Gasteiger partial charge in [-0.3, -0.25) is 14.9 Å². The summed E-state index contributed by atoms with van der Waals surface area (Å²) < 4.78 is 13.0. The summed E-state index contributed by atoms with van der Waals surface area (Å²) in [6.07, 6.45) is 2.52. The van der Waals surface area contributed by atoms with Crippen LogP contribution < -0.4 is 0 Å². The van der Waals surface area contributed by atoms with Crippen LogP contribution in [0.3, 0.4) is 0 Å². The largest absolute Gasteiger partial charge is 0.396 e. The topological polar surface area (TPSA) is 55.4 Å². The Kier molecular flexibility index (Phi) is 5.38. The number of hydrogen-bond acceptors (Lipinski definition) is 4. The van der Waals surface area contributed by atoms with E-state index in [2.05, 4.69) is 20.0 Å². The summed E-state index contributed by atoms with van der Waals surface area (Å²) in [6.45, 7) is 4.66. The molecule has 0 saturated carbocycles. The number of nitrogens with zero attached hydrogens (tertiary/aromatic N) is 3. The van der Waals surface area contributed by atoms with Crippen molar-refractivity contribution in [2.24, 2.45) is 0 Å². The first-order valence-electron chi connectivity index (χ1n) is 8.04. The first kappa shape index (κ1) is 16.1. The lowest BCUT2D eigenvalue weighted by molar-refractivity contribution is 0.0494. The summed E-state index contributed by atoms with van der Waals surface area (Å²) in [5.74, 6) is -0.204. The van der Waals surface area contributed by atoms with E-state index in [1.54, 1.807) is 6.20 Å². The zero-order chi connectivity index (χ0) is 16.1. The smallest absolute Gasteiger partial charge is 0.123 e. The summed E-state index contributed by atoms with van der Waals surface area (Å²) in [5, 5.41) is 16.4. The maximum atomic E-state index is 13.0. The molecule has 2 aromatic rings. The van der Waals surface area contributed by atoms with Crippen molar-refractivity contribution < 1.29 is 9.50 Å². The molecule has 0 bridgehead atoms. The number of benzene rings is 1. The van der Waals surface area contributed by atoms with Gasteiger partial charge in [0.25, 0.3) is 0 Å². The molecule has 124 valence electrons. The quantitative estimate of drug-likeness (QED) is 0.850. The highest BCUT2D eigenvalue weighted by molar-refractivity contribution is 5.16. The van der Waals surface area contributed by atoms with Gasteiger partial charge in [0.05, 0.1) is 0 Å². The van der Waals surface area contributed by atoms with E-state index >= 15 is 0 Å². The molecule has 0 amide bonds. The van der Waals surface area contributed by atoms with Crippen LogP contribution in [0.1, 0.15) is 17.7 Å². The Labute approximate surface area is 135 Å². The van der Waals surface area contributed by atoms with Crippen molar-refractivity contribution in [1.82, 2.24) is 20.0 Å². The fourth-order valence-electron chi connectivity index (χ4n) is 3.17. The lowest BCUT2D eigenvalue weighted by Gasteiger charge is -2.41. The third-order valence-electron chi connectivity index (χ3n) is 4.40. The molecule has 1 saturated heterocycles. The minimum atomic E-state index is -0.204. The van der Waals surface area contributed by atoms with Crippen LogP contribution in [0.4, 0.5) is 4.39 Å². The van der Waals surface area contributed by atoms with Crippen LogP contribution in [0.25, 0.3) is 0 Å². The second kappa shape index (κ2) is 7.68. The molecular formula is C17H23FN4O. The van der Waals surface area contributed by atoms with Gasteiger partial charge in [-0.1, -0.05) is 12.1 Å². The van der Waals surface area contributed by atoms with Crippen LogP contribution >= 0.6 is 0 Å². The first-order valence-corrected chi connectivity index (χ1v) is 8.04. The van der Waals surface area contributed by atoms with Gasteiger partial charge < -0.3 is 5.11 Å². The maximum absolute atomic E-state index is 13.0. The molecule has 0 aliphatic carbocycles. The normalized spacial score (nSPS) is 20.0. The number of aromatic amines is 1. The first-order chi connectivity index (χ1) is 11.2. The number of halogens is 1. The number of aliphatic hydroxyl groups is 1. The average Bonchev–Trinajstić information content (AvgIpc) is 3.05. The Balaban J connectivity index is 1.61. The van der Waals surface area contributed by atoms with Gasteiger partial charge in [-0.05, 0) is 30.2 Å². The summed E-state index contributed by atoms with van der Waals surface area (Å²) in [6, 6.07) is 8.98. The molecular weight excluding hydrogens is 295 g/mol. The summed E-state index contributed by atoms with van der Waals surface area (Å²) >= 11 is 0. The highest BCUT2D eigenvalue weighted by Crippen LogP contribution is 2.18. The van der Waals surface area contributed by atoms with E-state index < -0.39 is 0 Å². The van der Waals surface area contributed by atoms with Crippen molar-refractivity contribution in [3.63, 3.8) is 0 Å². The van der Waals surface area contributed by atoms with Crippen molar-refractivity contribution in [1.29, 1.82) is 0 Å². The number of rotatable bonds is 6. The fourth-order valence-corrected chi connectivity index (χ4v) is 3.17. The standard InChI is InChI=1S/C17H23FN4O/c18-15-3-1-14(2-4-15)11-22-9-8-21(13-17(22)6-10-23)12-16-5-7-19-20-16/h1-5,7,17,23H,6,8-13H2,(H,19,20)/t17-/m1/s1. The van der Waals surface area contributed by atoms with E-state index in [1.165, 1.54) is 12.1 Å². The number of nitrogens with one attached hydrogen (secondary N) is 1. The van der Waals surface area contributed by atoms with E-state index in [0.29, 0.717) is 6.04 Å². The Morgan fingerprint density at radius 1 is 1.17 bits per heavy atom. The molecule has 1 aliphatic heterocycles. The predicted molar refractivity (Wildman–Crippen MR) is 86.2 cm³/mol. The Morgan fingerprint density at radius 3 is 2.70 bits per heavy atom. The number of H-pyrrole nitrogens is 1. The van der Waals surface area contributed by atoms with E-state index in [1.807, 2.05) is 18.2 Å². The molecule has 6 heteroatoms. The molecule has 3 rings (SSSR count). The van der Waals surface area contributed by atoms with Crippen LogP contribution in [0.15, 0.2) is 36.5 Å². The van der Waals surface area contributed by atoms with Crippen molar-refractivity contribution in [2.75, 3.05) is 26.2 Å². The van der Waals surface area contributed by atoms with Crippen LogP contribution in [-0.4, -0.2) is 57.4 Å². The van der Waals surface area contributed by atoms with E-state index in [0.717, 1.165) is 50.4 Å². The molecule has 2 N–H and O–H groups in total. The minimum Gasteiger partial charge on any atom is -0.396 e. The van der Waals surface area contributed by atoms with Crippen LogP contribution in [0.5, 0.6) is 0 Å². The Morgan fingerprint density at radius 2 is 2.00 bits per heavy atom. The van der Waals surface area contributed by atoms with Gasteiger partial charge in [0, 0.05) is 57.3 Å². The van der Waals surface area contributed by atoms with Crippen LogP contribution in [0.2, 0.25) is 0 Å². The average molecular weight is 318 g/mol. The molecule has 1 aromatic heterocycles. The van der Waals surface area contributed by atoms with Gasteiger partial charge in [-0.25, -0.2) is 4.39 Å². The number of hydrogen-bond donors (Lipinski definition) is 2. The van der Waals surface area contributed by atoms with Crippen LogP contribution in [-0.2, 0) is 13.1 Å². The number of aliphatic hydroxyl groups excluding tert-OH is 1. The molecule has 1 fully saturated rings. The number of piperazine rings is 1. The van der Waals surface area contributed by atoms with Gasteiger partial charge >= 0.3 is 0 Å². The molecule has 0 radical (unpaired) electrons. The summed E-state index contributed by atoms with van der Waals surface area (Å²) in [5.41, 5.74) is 2.22. The highest BCUT2D eigenvalue weighted by Gasteiger charge is 2.26. The molecule has 0 unspecified atom stereocenters. The molecule has 1 atom stereocenters. The lowest BCUT2D eigenvalue weighted by atomic mass is 10.1. The summed E-state index contributed by atoms with van der Waals surface area (Å²) in [7, 11) is 0. The van der Waals surface area contributed by atoms with Gasteiger partial charge in [0.1, 0.15) is 5.82 Å². The van der Waals surface area contributed by atoms with E-state index in [9.17, 15) is 9.50 Å². The summed E-state index contributed by atoms with van der Waals surface area (Å²) in [4.78, 5) is 4.77. The molecule has 5 nitrogen and oxygen atoms in total. The number of aromatic nitrogens is 2. The second-order valence-corrected chi connectivity index (χ2v) is 6.08. The lowest BCUT2D eigenvalue weighted by Crippen LogP contribution is -2.52. The van der Waals surface area contributed by atoms with Crippen molar-refractivity contribution in [2.45, 2.75) is 25.6 Å². The third kappa shape index (κ3) is 4.37. The molecule has 1 aliphatic rings. The van der Waals surface area contributed by atoms with Crippen molar-refractivity contribution in [3.05, 3.63) is 53.6 Å². The maximum Gasteiger partial charge on any atom is 0.123 e. The molecule has 2 heterocycles. The van der Waals surface area contributed by atoms with Gasteiger partial charge in [0.15, 0.2) is 0 Å². The molecule has 23 heavy (non-hydrogen) atoms. The third-order valence-corrected chi connectivity index (χ3v) is 4.40. The van der Waals surface area contributed by atoms with E-state index in [-0.39, 0.29) is 12.4 Å². The minimum absolute atomic E-state index is 0.183. The molecule has 1 aromatic carbocycles. The van der Waals surface area contributed by atoms with Crippen LogP contribution in [0, 0.1) is 5.82 Å². The van der Waals surface area contributed by atoms with Gasteiger partial charge in [-0.15, -0.1) is 0 Å². The van der Waals surface area contributed by atoms with E-state index in [4.69, 9.17) is 0 Å².